The molecule has 2 atom stereocenters. The van der Waals surface area contributed by atoms with Gasteiger partial charge in [-0.05, 0) is 68.3 Å². The summed E-state index contributed by atoms with van der Waals surface area (Å²) in [5.41, 5.74) is 4.54. The highest BCUT2D eigenvalue weighted by Gasteiger charge is 2.34. The first-order valence-corrected chi connectivity index (χ1v) is 10.7. The van der Waals surface area contributed by atoms with Gasteiger partial charge in [0, 0.05) is 23.2 Å². The van der Waals surface area contributed by atoms with E-state index in [1.165, 1.54) is 0 Å². The van der Waals surface area contributed by atoms with Gasteiger partial charge in [-0.15, -0.1) is 0 Å². The highest BCUT2D eigenvalue weighted by Crippen LogP contribution is 2.27. The van der Waals surface area contributed by atoms with Gasteiger partial charge < -0.3 is 10.1 Å². The van der Waals surface area contributed by atoms with E-state index in [0.717, 1.165) is 37.1 Å². The zero-order chi connectivity index (χ0) is 21.5. The molecule has 1 fully saturated rings. The number of carbonyl (C=O) groups is 2. The fraction of sp³-hybridized carbons (Fsp3) is 0.391. The van der Waals surface area contributed by atoms with Crippen molar-refractivity contribution in [2.75, 3.05) is 19.1 Å². The summed E-state index contributed by atoms with van der Waals surface area (Å²) in [5, 5.41) is 5.28. The second-order valence-corrected chi connectivity index (χ2v) is 7.84. The van der Waals surface area contributed by atoms with Gasteiger partial charge in [-0.25, -0.2) is 0 Å². The number of rotatable bonds is 7. The number of hydrogen-bond acceptors (Lipinski definition) is 4. The predicted molar refractivity (Wildman–Crippen MR) is 119 cm³/mol. The molecule has 0 radical (unpaired) electrons. The first-order chi connectivity index (χ1) is 14.5. The molecule has 160 valence electrons. The van der Waals surface area contributed by atoms with E-state index in [2.05, 4.69) is 10.7 Å². The van der Waals surface area contributed by atoms with Crippen molar-refractivity contribution in [1.29, 1.82) is 0 Å². The molecule has 0 aliphatic heterocycles. The third-order valence-electron chi connectivity index (χ3n) is 5.44. The average molecular weight is 430 g/mol. The third-order valence-corrected chi connectivity index (χ3v) is 5.69. The quantitative estimate of drug-likeness (QED) is 0.635. The Kier molecular flexibility index (Phi) is 7.57. The Morgan fingerprint density at radius 3 is 2.37 bits per heavy atom. The van der Waals surface area contributed by atoms with Crippen molar-refractivity contribution in [3.63, 3.8) is 0 Å². The van der Waals surface area contributed by atoms with Gasteiger partial charge in [-0.3, -0.25) is 20.0 Å². The predicted octanol–water partition coefficient (Wildman–Crippen LogP) is 4.51. The van der Waals surface area contributed by atoms with Gasteiger partial charge in [0.05, 0.1) is 18.7 Å². The van der Waals surface area contributed by atoms with Crippen molar-refractivity contribution in [2.24, 2.45) is 5.92 Å². The molecule has 1 aliphatic rings. The summed E-state index contributed by atoms with van der Waals surface area (Å²) in [7, 11) is 1.62. The van der Waals surface area contributed by atoms with Crippen molar-refractivity contribution < 1.29 is 14.3 Å². The Morgan fingerprint density at radius 1 is 1.07 bits per heavy atom. The number of hydrazine groups is 1. The molecule has 30 heavy (non-hydrogen) atoms. The molecule has 2 amide bonds. The van der Waals surface area contributed by atoms with Gasteiger partial charge >= 0.3 is 0 Å². The number of nitrogens with one attached hydrogen (secondary N) is 2. The Hall–Kier alpha value is -2.73. The molecule has 0 spiro atoms. The molecule has 6 nitrogen and oxygen atoms in total. The van der Waals surface area contributed by atoms with Crippen molar-refractivity contribution >= 4 is 29.1 Å². The summed E-state index contributed by atoms with van der Waals surface area (Å²) in [6, 6.07) is 14.0. The maximum Gasteiger partial charge on any atom is 0.251 e. The number of nitrogens with zero attached hydrogens (tertiary/aromatic N) is 1. The molecule has 0 heterocycles. The zero-order valence-corrected chi connectivity index (χ0v) is 18.1. The van der Waals surface area contributed by atoms with Crippen LogP contribution in [0, 0.1) is 5.92 Å². The maximum atomic E-state index is 13.3. The van der Waals surface area contributed by atoms with Gasteiger partial charge in [-0.1, -0.05) is 24.4 Å². The third kappa shape index (κ3) is 5.45. The highest BCUT2D eigenvalue weighted by atomic mass is 35.5. The van der Waals surface area contributed by atoms with E-state index in [-0.39, 0.29) is 23.8 Å². The van der Waals surface area contributed by atoms with E-state index in [1.54, 1.807) is 36.4 Å². The molecular formula is C23H28ClN3O3. The Labute approximate surface area is 182 Å². The molecule has 1 aliphatic carbocycles. The van der Waals surface area contributed by atoms with E-state index in [0.29, 0.717) is 17.1 Å². The van der Waals surface area contributed by atoms with E-state index >= 15 is 0 Å². The Morgan fingerprint density at radius 2 is 1.73 bits per heavy atom. The lowest BCUT2D eigenvalue weighted by atomic mass is 9.83. The number of amides is 2. The second kappa shape index (κ2) is 10.3. The number of halogens is 1. The van der Waals surface area contributed by atoms with Gasteiger partial charge in [0.1, 0.15) is 5.75 Å². The fourth-order valence-corrected chi connectivity index (χ4v) is 3.89. The molecular weight excluding hydrogens is 402 g/mol. The van der Waals surface area contributed by atoms with Crippen LogP contribution in [0.3, 0.4) is 0 Å². The summed E-state index contributed by atoms with van der Waals surface area (Å²) in [5.74, 6) is 0.310. The smallest absolute Gasteiger partial charge is 0.251 e. The molecule has 2 N–H and O–H groups in total. The minimum absolute atomic E-state index is 0.00516. The molecule has 0 bridgehead atoms. The first kappa shape index (κ1) is 22.0. The summed E-state index contributed by atoms with van der Waals surface area (Å²) < 4.78 is 5.18. The van der Waals surface area contributed by atoms with Crippen LogP contribution in [-0.4, -0.2) is 36.5 Å². The van der Waals surface area contributed by atoms with Crippen molar-refractivity contribution in [3.05, 3.63) is 59.1 Å². The first-order valence-electron chi connectivity index (χ1n) is 10.3. The number of benzene rings is 2. The van der Waals surface area contributed by atoms with Gasteiger partial charge in [0.15, 0.2) is 0 Å². The van der Waals surface area contributed by atoms with E-state index in [9.17, 15) is 9.59 Å². The lowest BCUT2D eigenvalue weighted by Gasteiger charge is -2.35. The van der Waals surface area contributed by atoms with Gasteiger partial charge in [0.2, 0.25) is 5.91 Å². The molecule has 2 aromatic rings. The van der Waals surface area contributed by atoms with Crippen LogP contribution in [0.4, 0.5) is 5.69 Å². The highest BCUT2D eigenvalue weighted by molar-refractivity contribution is 6.30. The minimum atomic E-state index is -0.263. The lowest BCUT2D eigenvalue weighted by Crippen LogP contribution is -2.50. The molecule has 3 rings (SSSR count). The topological polar surface area (TPSA) is 70.7 Å². The Balaban J connectivity index is 1.68. The van der Waals surface area contributed by atoms with Gasteiger partial charge in [-0.2, -0.15) is 0 Å². The van der Waals surface area contributed by atoms with Crippen LogP contribution in [0.15, 0.2) is 48.5 Å². The van der Waals surface area contributed by atoms with Crippen LogP contribution in [-0.2, 0) is 4.79 Å². The normalized spacial score (nSPS) is 18.4. The maximum absolute atomic E-state index is 13.3. The van der Waals surface area contributed by atoms with E-state index in [1.807, 2.05) is 31.2 Å². The molecule has 2 aromatic carbocycles. The fourth-order valence-electron chi connectivity index (χ4n) is 3.76. The number of methoxy groups -OCH3 is 1. The van der Waals surface area contributed by atoms with E-state index < -0.39 is 0 Å². The SMILES string of the molecule is CCN(Nc1ccc(OC)cc1)C(=O)[C@@H]1CCCC[C@@H]1NC(=O)c1ccc(Cl)cc1. The van der Waals surface area contributed by atoms with Gasteiger partial charge in [0.25, 0.3) is 5.91 Å². The zero-order valence-electron chi connectivity index (χ0n) is 17.4. The summed E-state index contributed by atoms with van der Waals surface area (Å²) in [6.07, 6.45) is 3.51. The average Bonchev–Trinajstić information content (AvgIpc) is 2.78. The van der Waals surface area contributed by atoms with Crippen LogP contribution < -0.4 is 15.5 Å². The van der Waals surface area contributed by atoms with Crippen molar-refractivity contribution in [1.82, 2.24) is 10.3 Å². The lowest BCUT2D eigenvalue weighted by molar-refractivity contribution is -0.135. The van der Waals surface area contributed by atoms with Crippen LogP contribution in [0.1, 0.15) is 43.0 Å². The second-order valence-electron chi connectivity index (χ2n) is 7.40. The van der Waals surface area contributed by atoms with Crippen LogP contribution >= 0.6 is 11.6 Å². The number of ether oxygens (including phenoxy) is 1. The largest absolute Gasteiger partial charge is 0.497 e. The Bertz CT molecular complexity index is 855. The van der Waals surface area contributed by atoms with Crippen molar-refractivity contribution in [2.45, 2.75) is 38.6 Å². The van der Waals surface area contributed by atoms with E-state index in [4.69, 9.17) is 16.3 Å². The van der Waals surface area contributed by atoms with Crippen molar-refractivity contribution in [3.8, 4) is 5.75 Å². The summed E-state index contributed by atoms with van der Waals surface area (Å²) in [6.45, 7) is 2.44. The minimum Gasteiger partial charge on any atom is -0.497 e. The van der Waals surface area contributed by atoms with Crippen LogP contribution in [0.25, 0.3) is 0 Å². The summed E-state index contributed by atoms with van der Waals surface area (Å²) >= 11 is 5.91. The number of hydrogen-bond donors (Lipinski definition) is 2. The molecule has 0 saturated heterocycles. The number of carbonyl (C=O) groups excluding carboxylic acids is 2. The molecule has 7 heteroatoms. The molecule has 0 unspecified atom stereocenters. The molecule has 1 saturated carbocycles. The van der Waals surface area contributed by atoms with Crippen LogP contribution in [0.2, 0.25) is 5.02 Å². The monoisotopic (exact) mass is 429 g/mol. The number of anilines is 1. The van der Waals surface area contributed by atoms with Crippen LogP contribution in [0.5, 0.6) is 5.75 Å². The molecule has 0 aromatic heterocycles. The summed E-state index contributed by atoms with van der Waals surface area (Å²) in [4.78, 5) is 26.0. The standard InChI is InChI=1S/C23H28ClN3O3/c1-3-27(26-18-12-14-19(30-2)15-13-18)23(29)20-6-4-5-7-21(20)25-22(28)16-8-10-17(24)11-9-16/h8-15,20-21,26H,3-7H2,1-2H3,(H,25,28)/t20-,21+/m1/s1.